The summed E-state index contributed by atoms with van der Waals surface area (Å²) in [5, 5.41) is 8.06. The molecule has 0 saturated heterocycles. The number of nitrogens with zero attached hydrogens (tertiary/aromatic N) is 3. The first-order chi connectivity index (χ1) is 14.0. The summed E-state index contributed by atoms with van der Waals surface area (Å²) in [5.74, 6) is 0.516. The van der Waals surface area contributed by atoms with Crippen molar-refractivity contribution >= 4 is 23.4 Å². The Labute approximate surface area is 176 Å². The Morgan fingerprint density at radius 1 is 1.21 bits per heavy atom. The number of ether oxygens (including phenoxy) is 1. The van der Waals surface area contributed by atoms with E-state index in [0.29, 0.717) is 24.0 Å². The predicted octanol–water partition coefficient (Wildman–Crippen LogP) is 4.74. The third-order valence-electron chi connectivity index (χ3n) is 4.76. The summed E-state index contributed by atoms with van der Waals surface area (Å²) < 4.78 is 7.20. The summed E-state index contributed by atoms with van der Waals surface area (Å²) in [5.41, 5.74) is 3.06. The number of amides is 2. The normalized spacial score (nSPS) is 11.9. The van der Waals surface area contributed by atoms with Gasteiger partial charge < -0.3 is 9.64 Å². The van der Waals surface area contributed by atoms with Crippen LogP contribution in [0.4, 0.5) is 10.6 Å². The van der Waals surface area contributed by atoms with Crippen LogP contribution < -0.4 is 5.32 Å². The molecule has 1 unspecified atom stereocenters. The van der Waals surface area contributed by atoms with Crippen LogP contribution in [0.25, 0.3) is 0 Å². The van der Waals surface area contributed by atoms with Crippen molar-refractivity contribution in [3.8, 4) is 0 Å². The highest BCUT2D eigenvalue weighted by atomic mass is 35.5. The van der Waals surface area contributed by atoms with E-state index in [0.717, 1.165) is 16.8 Å². The molecule has 29 heavy (non-hydrogen) atoms. The maximum Gasteiger partial charge on any atom is 0.323 e. The second kappa shape index (κ2) is 9.58. The average molecular weight is 413 g/mol. The Bertz CT molecular complexity index is 941. The van der Waals surface area contributed by atoms with E-state index in [1.165, 1.54) is 0 Å². The largest absolute Gasteiger partial charge is 0.382 e. The quantitative estimate of drug-likeness (QED) is 0.609. The van der Waals surface area contributed by atoms with Crippen LogP contribution in [0.5, 0.6) is 0 Å². The number of benzene rings is 2. The van der Waals surface area contributed by atoms with Gasteiger partial charge >= 0.3 is 6.03 Å². The van der Waals surface area contributed by atoms with Crippen molar-refractivity contribution in [1.82, 2.24) is 14.7 Å². The fraction of sp³-hybridized carbons (Fsp3) is 0.273. The van der Waals surface area contributed by atoms with Gasteiger partial charge in [-0.1, -0.05) is 54.1 Å². The van der Waals surface area contributed by atoms with E-state index in [-0.39, 0.29) is 12.1 Å². The van der Waals surface area contributed by atoms with E-state index in [9.17, 15) is 4.79 Å². The van der Waals surface area contributed by atoms with Crippen molar-refractivity contribution < 1.29 is 9.53 Å². The Morgan fingerprint density at radius 2 is 1.90 bits per heavy atom. The molecule has 1 heterocycles. The van der Waals surface area contributed by atoms with Gasteiger partial charge in [0.2, 0.25) is 0 Å². The molecule has 0 bridgehead atoms. The summed E-state index contributed by atoms with van der Waals surface area (Å²) in [6.07, 6.45) is 0. The number of urea groups is 1. The highest BCUT2D eigenvalue weighted by Gasteiger charge is 2.22. The number of likely N-dealkylation sites (N-methyl/N-ethyl adjacent to an activating group) is 1. The number of hydrogen-bond acceptors (Lipinski definition) is 3. The maximum absolute atomic E-state index is 12.8. The van der Waals surface area contributed by atoms with Crippen LogP contribution >= 0.6 is 11.6 Å². The number of anilines is 1. The standard InChI is InChI=1S/C22H25ClN4O2/c1-16-13-21(25-27(16)14-17-7-5-4-6-8-17)24-22(28)26(2)20(15-29-3)18-9-11-19(23)12-10-18/h4-13,20H,14-15H2,1-3H3,(H,24,25,28). The van der Waals surface area contributed by atoms with Crippen LogP contribution in [0.1, 0.15) is 22.9 Å². The molecular weight excluding hydrogens is 388 g/mol. The minimum Gasteiger partial charge on any atom is -0.382 e. The van der Waals surface area contributed by atoms with E-state index in [1.54, 1.807) is 31.2 Å². The van der Waals surface area contributed by atoms with Crippen molar-refractivity contribution in [2.75, 3.05) is 26.1 Å². The molecule has 3 rings (SSSR count). The summed E-state index contributed by atoms with van der Waals surface area (Å²) in [4.78, 5) is 14.4. The van der Waals surface area contributed by atoms with Gasteiger partial charge in [0.25, 0.3) is 0 Å². The molecule has 0 fully saturated rings. The van der Waals surface area contributed by atoms with Crippen LogP contribution in [0, 0.1) is 6.92 Å². The maximum atomic E-state index is 12.8. The van der Waals surface area contributed by atoms with Gasteiger partial charge in [-0.25, -0.2) is 4.79 Å². The Kier molecular flexibility index (Phi) is 6.90. The van der Waals surface area contributed by atoms with E-state index in [2.05, 4.69) is 22.5 Å². The number of carbonyl (C=O) groups is 1. The first-order valence-electron chi connectivity index (χ1n) is 9.34. The number of hydrogen-bond donors (Lipinski definition) is 1. The number of nitrogens with one attached hydrogen (secondary N) is 1. The van der Waals surface area contributed by atoms with Gasteiger partial charge in [0, 0.05) is 30.9 Å². The smallest absolute Gasteiger partial charge is 0.323 e. The Morgan fingerprint density at radius 3 is 2.55 bits per heavy atom. The van der Waals surface area contributed by atoms with Gasteiger partial charge in [0.05, 0.1) is 19.2 Å². The van der Waals surface area contributed by atoms with Crippen molar-refractivity contribution in [1.29, 1.82) is 0 Å². The van der Waals surface area contributed by atoms with Crippen LogP contribution in [0.15, 0.2) is 60.7 Å². The van der Waals surface area contributed by atoms with Crippen LogP contribution in [0.3, 0.4) is 0 Å². The third-order valence-corrected chi connectivity index (χ3v) is 5.01. The van der Waals surface area contributed by atoms with Crippen molar-refractivity contribution in [2.45, 2.75) is 19.5 Å². The molecule has 1 N–H and O–H groups in total. The molecule has 2 aromatic carbocycles. The molecule has 0 spiro atoms. The minimum absolute atomic E-state index is 0.246. The lowest BCUT2D eigenvalue weighted by molar-refractivity contribution is 0.121. The summed E-state index contributed by atoms with van der Waals surface area (Å²) >= 11 is 5.98. The zero-order valence-electron chi connectivity index (χ0n) is 16.8. The highest BCUT2D eigenvalue weighted by molar-refractivity contribution is 6.30. The van der Waals surface area contributed by atoms with Gasteiger partial charge in [-0.05, 0) is 30.2 Å². The Balaban J connectivity index is 1.71. The van der Waals surface area contributed by atoms with Crippen molar-refractivity contribution in [2.24, 2.45) is 0 Å². The van der Waals surface area contributed by atoms with Crippen molar-refractivity contribution in [3.05, 3.63) is 82.5 Å². The monoisotopic (exact) mass is 412 g/mol. The molecule has 0 radical (unpaired) electrons. The number of methoxy groups -OCH3 is 1. The lowest BCUT2D eigenvalue weighted by atomic mass is 10.1. The minimum atomic E-state index is -0.258. The zero-order chi connectivity index (χ0) is 20.8. The molecule has 2 amide bonds. The van der Waals surface area contributed by atoms with Gasteiger partial charge in [-0.15, -0.1) is 0 Å². The molecule has 1 atom stereocenters. The summed E-state index contributed by atoms with van der Waals surface area (Å²) in [7, 11) is 3.35. The van der Waals surface area contributed by atoms with Gasteiger partial charge in [-0.2, -0.15) is 5.10 Å². The second-order valence-corrected chi connectivity index (χ2v) is 7.31. The van der Waals surface area contributed by atoms with Gasteiger partial charge in [-0.3, -0.25) is 10.00 Å². The number of aryl methyl sites for hydroxylation is 1. The first kappa shape index (κ1) is 20.9. The Hall–Kier alpha value is -2.83. The number of carbonyl (C=O) groups excluding carboxylic acids is 1. The van der Waals surface area contributed by atoms with Crippen molar-refractivity contribution in [3.63, 3.8) is 0 Å². The molecule has 0 aliphatic carbocycles. The van der Waals surface area contributed by atoms with E-state index >= 15 is 0 Å². The highest BCUT2D eigenvalue weighted by Crippen LogP contribution is 2.23. The molecule has 0 aliphatic rings. The lowest BCUT2D eigenvalue weighted by Crippen LogP contribution is -2.37. The molecule has 0 aliphatic heterocycles. The predicted molar refractivity (Wildman–Crippen MR) is 115 cm³/mol. The van der Waals surface area contributed by atoms with Crippen LogP contribution in [-0.2, 0) is 11.3 Å². The lowest BCUT2D eigenvalue weighted by Gasteiger charge is -2.28. The van der Waals surface area contributed by atoms with Gasteiger partial charge in [0.15, 0.2) is 5.82 Å². The van der Waals surface area contributed by atoms with Crippen LogP contribution in [-0.4, -0.2) is 41.5 Å². The summed E-state index contributed by atoms with van der Waals surface area (Å²) in [6, 6.07) is 18.8. The SMILES string of the molecule is COCC(c1ccc(Cl)cc1)N(C)C(=O)Nc1cc(C)n(Cc2ccccc2)n1. The molecule has 0 saturated carbocycles. The summed E-state index contributed by atoms with van der Waals surface area (Å²) in [6.45, 7) is 2.99. The topological polar surface area (TPSA) is 59.4 Å². The first-order valence-corrected chi connectivity index (χ1v) is 9.72. The zero-order valence-corrected chi connectivity index (χ0v) is 17.6. The van der Waals surface area contributed by atoms with Crippen LogP contribution in [0.2, 0.25) is 5.02 Å². The van der Waals surface area contributed by atoms with Gasteiger partial charge in [0.1, 0.15) is 0 Å². The third kappa shape index (κ3) is 5.37. The number of halogens is 1. The second-order valence-electron chi connectivity index (χ2n) is 6.88. The van der Waals surface area contributed by atoms with E-state index in [1.807, 2.05) is 48.0 Å². The number of aromatic nitrogens is 2. The van der Waals surface area contributed by atoms with E-state index in [4.69, 9.17) is 16.3 Å². The molecule has 3 aromatic rings. The number of rotatable bonds is 7. The fourth-order valence-electron chi connectivity index (χ4n) is 3.10. The molecule has 6 nitrogen and oxygen atoms in total. The molecule has 152 valence electrons. The van der Waals surface area contributed by atoms with E-state index < -0.39 is 0 Å². The average Bonchev–Trinajstić information content (AvgIpc) is 3.06. The molecule has 1 aromatic heterocycles. The fourth-order valence-corrected chi connectivity index (χ4v) is 3.23. The molecule has 7 heteroatoms. The molecular formula is C22H25ClN4O2.